The number of hydrogen-bond donors (Lipinski definition) is 2. The van der Waals surface area contributed by atoms with Crippen molar-refractivity contribution >= 4 is 11.9 Å². The summed E-state index contributed by atoms with van der Waals surface area (Å²) >= 11 is 0. The lowest BCUT2D eigenvalue weighted by Crippen LogP contribution is -2.38. The van der Waals surface area contributed by atoms with Gasteiger partial charge in [0.1, 0.15) is 0 Å². The number of carboxylic acids is 1. The highest BCUT2D eigenvalue weighted by atomic mass is 16.4. The number of carboxylic acid groups (broad SMARTS) is 1. The van der Waals surface area contributed by atoms with Crippen molar-refractivity contribution < 1.29 is 14.7 Å². The lowest BCUT2D eigenvalue weighted by Gasteiger charge is -2.25. The van der Waals surface area contributed by atoms with Gasteiger partial charge in [-0.1, -0.05) is 30.3 Å². The lowest BCUT2D eigenvalue weighted by atomic mass is 10.1. The average Bonchev–Trinajstić information content (AvgIpc) is 2.37. The van der Waals surface area contributed by atoms with E-state index in [4.69, 9.17) is 5.11 Å². The van der Waals surface area contributed by atoms with Crippen molar-refractivity contribution in [1.29, 1.82) is 0 Å². The Morgan fingerprint density at radius 2 is 1.89 bits per heavy atom. The Balaban J connectivity index is 2.50. The first-order valence-corrected chi connectivity index (χ1v) is 5.75. The van der Waals surface area contributed by atoms with Crippen LogP contribution >= 0.6 is 0 Å². The summed E-state index contributed by atoms with van der Waals surface area (Å²) < 4.78 is 0. The van der Waals surface area contributed by atoms with Crippen molar-refractivity contribution in [2.45, 2.75) is 13.0 Å². The molecule has 5 nitrogen and oxygen atoms in total. The fourth-order valence-electron chi connectivity index (χ4n) is 1.57. The Morgan fingerprint density at radius 1 is 1.28 bits per heavy atom. The van der Waals surface area contributed by atoms with Gasteiger partial charge in [0.2, 0.25) is 5.91 Å². The van der Waals surface area contributed by atoms with E-state index in [1.54, 1.807) is 11.9 Å². The van der Waals surface area contributed by atoms with Crippen LogP contribution in [-0.4, -0.2) is 42.0 Å². The van der Waals surface area contributed by atoms with Crippen LogP contribution in [0.2, 0.25) is 0 Å². The first-order chi connectivity index (χ1) is 8.52. The van der Waals surface area contributed by atoms with Gasteiger partial charge in [-0.2, -0.15) is 0 Å². The Kier molecular flexibility index (Phi) is 5.32. The number of carbonyl (C=O) groups excluding carboxylic acids is 1. The maximum atomic E-state index is 11.8. The zero-order valence-corrected chi connectivity index (χ0v) is 10.6. The van der Waals surface area contributed by atoms with Crippen LogP contribution in [0, 0.1) is 0 Å². The Morgan fingerprint density at radius 3 is 2.44 bits per heavy atom. The maximum Gasteiger partial charge on any atom is 0.317 e. The SMILES string of the molecule is CC(c1ccccc1)N(C)C(=O)CNCC(=O)O. The molecular weight excluding hydrogens is 232 g/mol. The molecule has 0 aliphatic heterocycles. The Bertz CT molecular complexity index is 406. The Hall–Kier alpha value is -1.88. The number of rotatable bonds is 6. The largest absolute Gasteiger partial charge is 0.480 e. The van der Waals surface area contributed by atoms with Gasteiger partial charge in [0.15, 0.2) is 0 Å². The van der Waals surface area contributed by atoms with Gasteiger partial charge in [0.25, 0.3) is 0 Å². The molecule has 1 amide bonds. The van der Waals surface area contributed by atoms with Crippen molar-refractivity contribution in [3.05, 3.63) is 35.9 Å². The minimum Gasteiger partial charge on any atom is -0.480 e. The molecule has 0 aromatic heterocycles. The van der Waals surface area contributed by atoms with E-state index in [1.807, 2.05) is 37.3 Å². The average molecular weight is 250 g/mol. The van der Waals surface area contributed by atoms with Crippen LogP contribution in [0.1, 0.15) is 18.5 Å². The monoisotopic (exact) mass is 250 g/mol. The molecule has 1 aromatic carbocycles. The van der Waals surface area contributed by atoms with Crippen LogP contribution < -0.4 is 5.32 Å². The fraction of sp³-hybridized carbons (Fsp3) is 0.385. The highest BCUT2D eigenvalue weighted by Gasteiger charge is 2.16. The van der Waals surface area contributed by atoms with Crippen LogP contribution in [0.25, 0.3) is 0 Å². The van der Waals surface area contributed by atoms with Gasteiger partial charge in [0.05, 0.1) is 19.1 Å². The second kappa shape index (κ2) is 6.76. The predicted octanol–water partition coefficient (Wildman–Crippen LogP) is 0.880. The van der Waals surface area contributed by atoms with Crippen LogP contribution in [0.4, 0.5) is 0 Å². The van der Waals surface area contributed by atoms with Gasteiger partial charge in [-0.05, 0) is 12.5 Å². The number of hydrogen-bond acceptors (Lipinski definition) is 3. The quantitative estimate of drug-likeness (QED) is 0.786. The molecule has 0 heterocycles. The van der Waals surface area contributed by atoms with Crippen LogP contribution in [0.15, 0.2) is 30.3 Å². The van der Waals surface area contributed by atoms with E-state index in [-0.39, 0.29) is 25.0 Å². The number of amides is 1. The van der Waals surface area contributed by atoms with Crippen molar-refractivity contribution in [3.8, 4) is 0 Å². The molecule has 2 N–H and O–H groups in total. The fourth-order valence-corrected chi connectivity index (χ4v) is 1.57. The summed E-state index contributed by atoms with van der Waals surface area (Å²) in [4.78, 5) is 23.7. The first-order valence-electron chi connectivity index (χ1n) is 5.75. The van der Waals surface area contributed by atoms with E-state index in [0.717, 1.165) is 5.56 Å². The Labute approximate surface area is 106 Å². The molecule has 98 valence electrons. The molecule has 0 radical (unpaired) electrons. The summed E-state index contributed by atoms with van der Waals surface area (Å²) in [6.07, 6.45) is 0. The maximum absolute atomic E-state index is 11.8. The molecular formula is C13H18N2O3. The third kappa shape index (κ3) is 4.18. The highest BCUT2D eigenvalue weighted by molar-refractivity contribution is 5.79. The molecule has 0 fully saturated rings. The molecule has 0 aliphatic carbocycles. The second-order valence-corrected chi connectivity index (χ2v) is 4.09. The van der Waals surface area contributed by atoms with E-state index in [9.17, 15) is 9.59 Å². The van der Waals surface area contributed by atoms with Gasteiger partial charge in [0, 0.05) is 7.05 Å². The zero-order valence-electron chi connectivity index (χ0n) is 10.6. The molecule has 0 aliphatic rings. The number of carbonyl (C=O) groups is 2. The number of nitrogens with one attached hydrogen (secondary N) is 1. The minimum absolute atomic E-state index is 0.0278. The molecule has 1 aromatic rings. The zero-order chi connectivity index (χ0) is 13.5. The second-order valence-electron chi connectivity index (χ2n) is 4.09. The molecule has 5 heteroatoms. The first kappa shape index (κ1) is 14.2. The number of likely N-dealkylation sites (N-methyl/N-ethyl adjacent to an activating group) is 1. The number of aliphatic carboxylic acids is 1. The summed E-state index contributed by atoms with van der Waals surface area (Å²) in [6.45, 7) is 1.75. The van der Waals surface area contributed by atoms with E-state index >= 15 is 0 Å². The topological polar surface area (TPSA) is 69.6 Å². The molecule has 1 unspecified atom stereocenters. The highest BCUT2D eigenvalue weighted by Crippen LogP contribution is 2.17. The van der Waals surface area contributed by atoms with E-state index < -0.39 is 5.97 Å². The minimum atomic E-state index is -0.971. The van der Waals surface area contributed by atoms with Crippen molar-refractivity contribution in [3.63, 3.8) is 0 Å². The van der Waals surface area contributed by atoms with Crippen molar-refractivity contribution in [2.24, 2.45) is 0 Å². The molecule has 0 saturated heterocycles. The summed E-state index contributed by atoms with van der Waals surface area (Å²) in [5.41, 5.74) is 1.05. The predicted molar refractivity (Wildman–Crippen MR) is 68.1 cm³/mol. The lowest BCUT2D eigenvalue weighted by molar-refractivity contribution is -0.136. The molecule has 0 saturated carbocycles. The third-order valence-corrected chi connectivity index (χ3v) is 2.81. The number of nitrogens with zero attached hydrogens (tertiary/aromatic N) is 1. The van der Waals surface area contributed by atoms with Crippen LogP contribution in [-0.2, 0) is 9.59 Å². The molecule has 1 rings (SSSR count). The summed E-state index contributed by atoms with van der Waals surface area (Å²) in [7, 11) is 1.71. The standard InChI is InChI=1S/C13H18N2O3/c1-10(11-6-4-3-5-7-11)15(2)12(16)8-14-9-13(17)18/h3-7,10,14H,8-9H2,1-2H3,(H,17,18). The molecule has 1 atom stereocenters. The normalized spacial score (nSPS) is 11.9. The smallest absolute Gasteiger partial charge is 0.317 e. The summed E-state index contributed by atoms with van der Waals surface area (Å²) in [6, 6.07) is 9.65. The van der Waals surface area contributed by atoms with Gasteiger partial charge < -0.3 is 10.0 Å². The third-order valence-electron chi connectivity index (χ3n) is 2.81. The van der Waals surface area contributed by atoms with Crippen molar-refractivity contribution in [2.75, 3.05) is 20.1 Å². The van der Waals surface area contributed by atoms with Gasteiger partial charge in [-0.3, -0.25) is 14.9 Å². The summed E-state index contributed by atoms with van der Waals surface area (Å²) in [5.74, 6) is -1.10. The number of benzene rings is 1. The van der Waals surface area contributed by atoms with Crippen LogP contribution in [0.3, 0.4) is 0 Å². The van der Waals surface area contributed by atoms with Crippen molar-refractivity contribution in [1.82, 2.24) is 10.2 Å². The van der Waals surface area contributed by atoms with Crippen LogP contribution in [0.5, 0.6) is 0 Å². The molecule has 18 heavy (non-hydrogen) atoms. The summed E-state index contributed by atoms with van der Waals surface area (Å²) in [5, 5.41) is 11.0. The van der Waals surface area contributed by atoms with E-state index in [0.29, 0.717) is 0 Å². The van der Waals surface area contributed by atoms with Gasteiger partial charge in [-0.25, -0.2) is 0 Å². The van der Waals surface area contributed by atoms with Gasteiger partial charge in [-0.15, -0.1) is 0 Å². The molecule has 0 bridgehead atoms. The molecule has 0 spiro atoms. The van der Waals surface area contributed by atoms with E-state index in [2.05, 4.69) is 5.32 Å². The van der Waals surface area contributed by atoms with Gasteiger partial charge >= 0.3 is 5.97 Å². The van der Waals surface area contributed by atoms with E-state index in [1.165, 1.54) is 0 Å².